The lowest BCUT2D eigenvalue weighted by Gasteiger charge is -2.14. The largest absolute Gasteiger partial charge is 0.371 e. The summed E-state index contributed by atoms with van der Waals surface area (Å²) in [5.74, 6) is -0.161. The summed E-state index contributed by atoms with van der Waals surface area (Å²) in [4.78, 5) is 0. The fourth-order valence-corrected chi connectivity index (χ4v) is 2.73. The third kappa shape index (κ3) is 2.86. The number of anilines is 1. The zero-order valence-electron chi connectivity index (χ0n) is 12.8. The minimum Gasteiger partial charge on any atom is -0.371 e. The van der Waals surface area contributed by atoms with E-state index in [0.29, 0.717) is 17.1 Å². The zero-order valence-corrected chi connectivity index (χ0v) is 13.6. The molecule has 0 unspecified atom stereocenters. The Balaban J connectivity index is 2.20. The molecule has 0 saturated carbocycles. The predicted octanol–water partition coefficient (Wildman–Crippen LogP) is 4.39. The van der Waals surface area contributed by atoms with Crippen molar-refractivity contribution in [3.8, 4) is 11.3 Å². The standard InChI is InChI=1S/C18H14ClFN4/c1-22-18-14(16(21)12-9-5-6-10-13(12)20)15(19)17(23-24-18)11-7-3-2-4-8-11/h2-10,21H,1H3,(H,22,24). The third-order valence-corrected chi connectivity index (χ3v) is 3.96. The van der Waals surface area contributed by atoms with Crippen LogP contribution in [0.25, 0.3) is 11.3 Å². The van der Waals surface area contributed by atoms with E-state index in [2.05, 4.69) is 15.5 Å². The molecule has 24 heavy (non-hydrogen) atoms. The number of aromatic nitrogens is 2. The van der Waals surface area contributed by atoms with Crippen LogP contribution in [0.15, 0.2) is 54.6 Å². The summed E-state index contributed by atoms with van der Waals surface area (Å²) in [5.41, 5.74) is 1.66. The third-order valence-electron chi connectivity index (χ3n) is 3.59. The number of rotatable bonds is 4. The van der Waals surface area contributed by atoms with E-state index < -0.39 is 5.82 Å². The fraction of sp³-hybridized carbons (Fsp3) is 0.0556. The molecule has 2 aromatic carbocycles. The molecule has 0 saturated heterocycles. The van der Waals surface area contributed by atoms with Gasteiger partial charge in [0.1, 0.15) is 11.5 Å². The number of nitrogens with one attached hydrogen (secondary N) is 2. The second-order valence-electron chi connectivity index (χ2n) is 5.06. The SMILES string of the molecule is CNc1nnc(-c2ccccc2)c(Cl)c1C(=N)c1ccccc1F. The van der Waals surface area contributed by atoms with Crippen LogP contribution >= 0.6 is 11.6 Å². The van der Waals surface area contributed by atoms with Gasteiger partial charge in [-0.2, -0.15) is 0 Å². The first kappa shape index (κ1) is 16.1. The van der Waals surface area contributed by atoms with E-state index in [-0.39, 0.29) is 16.3 Å². The minimum atomic E-state index is -0.487. The average molecular weight is 341 g/mol. The van der Waals surface area contributed by atoms with Crippen molar-refractivity contribution in [1.29, 1.82) is 5.41 Å². The van der Waals surface area contributed by atoms with Crippen molar-refractivity contribution in [2.75, 3.05) is 12.4 Å². The Labute approximate surface area is 143 Å². The smallest absolute Gasteiger partial charge is 0.159 e. The van der Waals surface area contributed by atoms with E-state index >= 15 is 0 Å². The highest BCUT2D eigenvalue weighted by Crippen LogP contribution is 2.33. The molecule has 0 aliphatic rings. The van der Waals surface area contributed by atoms with Gasteiger partial charge in [-0.25, -0.2) is 4.39 Å². The van der Waals surface area contributed by atoms with Crippen LogP contribution in [0.1, 0.15) is 11.1 Å². The summed E-state index contributed by atoms with van der Waals surface area (Å²) >= 11 is 6.52. The van der Waals surface area contributed by atoms with Crippen LogP contribution in [-0.2, 0) is 0 Å². The van der Waals surface area contributed by atoms with E-state index in [4.69, 9.17) is 17.0 Å². The fourth-order valence-electron chi connectivity index (χ4n) is 2.40. The lowest BCUT2D eigenvalue weighted by Crippen LogP contribution is -2.12. The Kier molecular flexibility index (Phi) is 4.53. The van der Waals surface area contributed by atoms with Gasteiger partial charge in [-0.3, -0.25) is 5.41 Å². The monoisotopic (exact) mass is 340 g/mol. The van der Waals surface area contributed by atoms with Crippen LogP contribution in [0.2, 0.25) is 5.02 Å². The van der Waals surface area contributed by atoms with Crippen LogP contribution in [0, 0.1) is 11.2 Å². The Morgan fingerprint density at radius 1 is 1.04 bits per heavy atom. The Bertz CT molecular complexity index is 897. The highest BCUT2D eigenvalue weighted by atomic mass is 35.5. The summed E-state index contributed by atoms with van der Waals surface area (Å²) in [6.45, 7) is 0. The molecule has 0 aliphatic heterocycles. The van der Waals surface area contributed by atoms with Crippen molar-refractivity contribution in [2.24, 2.45) is 0 Å². The van der Waals surface area contributed by atoms with Crippen molar-refractivity contribution < 1.29 is 4.39 Å². The molecular formula is C18H14ClFN4. The second-order valence-corrected chi connectivity index (χ2v) is 5.44. The molecule has 4 nitrogen and oxygen atoms in total. The van der Waals surface area contributed by atoms with Gasteiger partial charge in [0.2, 0.25) is 0 Å². The highest BCUT2D eigenvalue weighted by Gasteiger charge is 2.21. The van der Waals surface area contributed by atoms with Gasteiger partial charge < -0.3 is 5.32 Å². The lowest BCUT2D eigenvalue weighted by molar-refractivity contribution is 0.625. The first-order chi connectivity index (χ1) is 11.6. The number of hydrogen-bond donors (Lipinski definition) is 2. The maximum absolute atomic E-state index is 14.1. The van der Waals surface area contributed by atoms with Crippen molar-refractivity contribution >= 4 is 23.1 Å². The predicted molar refractivity (Wildman–Crippen MR) is 94.4 cm³/mol. The van der Waals surface area contributed by atoms with Crippen LogP contribution in [0.4, 0.5) is 10.2 Å². The molecule has 6 heteroatoms. The number of nitrogens with zero attached hydrogens (tertiary/aromatic N) is 2. The van der Waals surface area contributed by atoms with Gasteiger partial charge in [0.15, 0.2) is 5.82 Å². The van der Waals surface area contributed by atoms with E-state index in [1.165, 1.54) is 12.1 Å². The summed E-state index contributed by atoms with van der Waals surface area (Å²) in [6, 6.07) is 15.4. The molecule has 1 heterocycles. The lowest BCUT2D eigenvalue weighted by atomic mass is 10.0. The van der Waals surface area contributed by atoms with Crippen molar-refractivity contribution in [3.63, 3.8) is 0 Å². The summed E-state index contributed by atoms with van der Waals surface area (Å²) in [6.07, 6.45) is 0. The quantitative estimate of drug-likeness (QED) is 0.692. The van der Waals surface area contributed by atoms with Gasteiger partial charge in [-0.1, -0.05) is 54.1 Å². The Hall–Kier alpha value is -2.79. The summed E-state index contributed by atoms with van der Waals surface area (Å²) in [7, 11) is 1.65. The van der Waals surface area contributed by atoms with Gasteiger partial charge in [0.25, 0.3) is 0 Å². The van der Waals surface area contributed by atoms with Crippen molar-refractivity contribution in [2.45, 2.75) is 0 Å². The molecule has 0 spiro atoms. The molecule has 0 aliphatic carbocycles. The van der Waals surface area contributed by atoms with E-state index in [9.17, 15) is 4.39 Å². The van der Waals surface area contributed by atoms with Gasteiger partial charge in [0.05, 0.1) is 16.3 Å². The van der Waals surface area contributed by atoms with Crippen molar-refractivity contribution in [1.82, 2.24) is 10.2 Å². The molecule has 120 valence electrons. The molecule has 0 amide bonds. The Morgan fingerprint density at radius 2 is 1.71 bits per heavy atom. The number of halogens is 2. The van der Waals surface area contributed by atoms with Gasteiger partial charge in [-0.15, -0.1) is 10.2 Å². The summed E-state index contributed by atoms with van der Waals surface area (Å²) in [5, 5.41) is 19.8. The second kappa shape index (κ2) is 6.76. The molecule has 3 aromatic rings. The first-order valence-electron chi connectivity index (χ1n) is 7.26. The normalized spacial score (nSPS) is 10.5. The van der Waals surface area contributed by atoms with E-state index in [0.717, 1.165) is 5.56 Å². The molecule has 0 radical (unpaired) electrons. The van der Waals surface area contributed by atoms with Crippen LogP contribution < -0.4 is 5.32 Å². The van der Waals surface area contributed by atoms with Gasteiger partial charge in [-0.05, 0) is 12.1 Å². The maximum atomic E-state index is 14.1. The first-order valence-corrected chi connectivity index (χ1v) is 7.64. The topological polar surface area (TPSA) is 61.7 Å². The van der Waals surface area contributed by atoms with Crippen LogP contribution in [0.5, 0.6) is 0 Å². The molecular weight excluding hydrogens is 327 g/mol. The minimum absolute atomic E-state index is 0.0467. The highest BCUT2D eigenvalue weighted by molar-refractivity contribution is 6.38. The van der Waals surface area contributed by atoms with Gasteiger partial charge >= 0.3 is 0 Å². The molecule has 0 atom stereocenters. The molecule has 0 bridgehead atoms. The van der Waals surface area contributed by atoms with Crippen LogP contribution in [0.3, 0.4) is 0 Å². The van der Waals surface area contributed by atoms with Crippen molar-refractivity contribution in [3.05, 3.63) is 76.6 Å². The molecule has 2 N–H and O–H groups in total. The summed E-state index contributed by atoms with van der Waals surface area (Å²) < 4.78 is 14.1. The number of hydrogen-bond acceptors (Lipinski definition) is 4. The average Bonchev–Trinajstić information content (AvgIpc) is 2.62. The molecule has 3 rings (SSSR count). The zero-order chi connectivity index (χ0) is 17.1. The number of benzene rings is 2. The molecule has 0 fully saturated rings. The van der Waals surface area contributed by atoms with Crippen LogP contribution in [-0.4, -0.2) is 23.0 Å². The van der Waals surface area contributed by atoms with E-state index in [1.54, 1.807) is 19.2 Å². The molecule has 1 aromatic heterocycles. The Morgan fingerprint density at radius 3 is 2.38 bits per heavy atom. The maximum Gasteiger partial charge on any atom is 0.159 e. The van der Waals surface area contributed by atoms with E-state index in [1.807, 2.05) is 30.3 Å². The van der Waals surface area contributed by atoms with Gasteiger partial charge in [0, 0.05) is 18.2 Å².